The minimum atomic E-state index is 0.210. The van der Waals surface area contributed by atoms with Crippen LogP contribution in [0.4, 0.5) is 0 Å². The summed E-state index contributed by atoms with van der Waals surface area (Å²) in [6.07, 6.45) is 11.7. The van der Waals surface area contributed by atoms with Gasteiger partial charge in [-0.25, -0.2) is 0 Å². The van der Waals surface area contributed by atoms with Gasteiger partial charge in [-0.3, -0.25) is 0 Å². The van der Waals surface area contributed by atoms with E-state index < -0.39 is 0 Å². The maximum absolute atomic E-state index is 6.22. The van der Waals surface area contributed by atoms with Crippen molar-refractivity contribution in [2.45, 2.75) is 69.9 Å². The third-order valence-electron chi connectivity index (χ3n) is 4.58. The van der Waals surface area contributed by atoms with Gasteiger partial charge in [-0.1, -0.05) is 18.9 Å². The normalized spacial score (nSPS) is 24.6. The number of hydrogen-bond donors (Lipinski definition) is 1. The number of aryl methyl sites for hydroxylation is 1. The van der Waals surface area contributed by atoms with Gasteiger partial charge in [0.1, 0.15) is 5.75 Å². The molecular formula is C17H25NO. The molecule has 0 radical (unpaired) electrons. The lowest BCUT2D eigenvalue weighted by atomic mass is 9.88. The highest BCUT2D eigenvalue weighted by Crippen LogP contribution is 2.32. The molecule has 19 heavy (non-hydrogen) atoms. The van der Waals surface area contributed by atoms with E-state index >= 15 is 0 Å². The fourth-order valence-corrected chi connectivity index (χ4v) is 3.44. The summed E-state index contributed by atoms with van der Waals surface area (Å²) < 4.78 is 6.19. The highest BCUT2D eigenvalue weighted by molar-refractivity contribution is 5.39. The Bertz CT molecular complexity index is 421. The van der Waals surface area contributed by atoms with Crippen molar-refractivity contribution < 1.29 is 4.74 Å². The minimum absolute atomic E-state index is 0.210. The zero-order valence-electron chi connectivity index (χ0n) is 11.7. The molecule has 1 unspecified atom stereocenters. The summed E-state index contributed by atoms with van der Waals surface area (Å²) in [6.45, 7) is 0. The predicted molar refractivity (Wildman–Crippen MR) is 78.4 cm³/mol. The zero-order valence-corrected chi connectivity index (χ0v) is 11.7. The van der Waals surface area contributed by atoms with Crippen molar-refractivity contribution in [1.82, 2.24) is 0 Å². The molecule has 1 aromatic rings. The molecule has 2 aliphatic rings. The molecule has 3 rings (SSSR count). The number of benzene rings is 1. The second-order valence-corrected chi connectivity index (χ2v) is 6.09. The second kappa shape index (κ2) is 5.96. The molecular weight excluding hydrogens is 234 g/mol. The van der Waals surface area contributed by atoms with E-state index in [1.165, 1.54) is 62.5 Å². The summed E-state index contributed by atoms with van der Waals surface area (Å²) >= 11 is 0. The van der Waals surface area contributed by atoms with Crippen LogP contribution in [0.25, 0.3) is 0 Å². The van der Waals surface area contributed by atoms with Gasteiger partial charge in [-0.05, 0) is 68.2 Å². The van der Waals surface area contributed by atoms with E-state index in [2.05, 4.69) is 18.2 Å². The van der Waals surface area contributed by atoms with E-state index in [9.17, 15) is 0 Å². The first-order valence-corrected chi connectivity index (χ1v) is 7.88. The molecule has 1 atom stereocenters. The standard InChI is InChI=1S/C17H25NO/c18-17-9-5-6-13-10-11-15(12-16(13)17)19-14-7-3-1-2-4-8-14/h10-12,14,17H,1-9,18H2. The Morgan fingerprint density at radius 2 is 1.74 bits per heavy atom. The lowest BCUT2D eigenvalue weighted by molar-refractivity contribution is 0.183. The highest BCUT2D eigenvalue weighted by Gasteiger charge is 2.19. The van der Waals surface area contributed by atoms with E-state index in [4.69, 9.17) is 10.5 Å². The van der Waals surface area contributed by atoms with Crippen LogP contribution in [0.5, 0.6) is 5.75 Å². The first kappa shape index (κ1) is 13.0. The average molecular weight is 259 g/mol. The molecule has 0 bridgehead atoms. The minimum Gasteiger partial charge on any atom is -0.490 e. The van der Waals surface area contributed by atoms with Gasteiger partial charge < -0.3 is 10.5 Å². The number of rotatable bonds is 2. The van der Waals surface area contributed by atoms with Gasteiger partial charge in [0, 0.05) is 6.04 Å². The molecule has 1 aromatic carbocycles. The number of hydrogen-bond acceptors (Lipinski definition) is 2. The van der Waals surface area contributed by atoms with Gasteiger partial charge in [0.2, 0.25) is 0 Å². The van der Waals surface area contributed by atoms with E-state index in [-0.39, 0.29) is 6.04 Å². The van der Waals surface area contributed by atoms with Crippen molar-refractivity contribution in [2.24, 2.45) is 5.73 Å². The van der Waals surface area contributed by atoms with Gasteiger partial charge in [-0.15, -0.1) is 0 Å². The van der Waals surface area contributed by atoms with Crippen molar-refractivity contribution >= 4 is 0 Å². The number of fused-ring (bicyclic) bond motifs is 1. The average Bonchev–Trinajstić information content (AvgIpc) is 2.68. The second-order valence-electron chi connectivity index (χ2n) is 6.09. The van der Waals surface area contributed by atoms with Crippen LogP contribution in [0, 0.1) is 0 Å². The zero-order chi connectivity index (χ0) is 13.1. The molecule has 0 aromatic heterocycles. The summed E-state index contributed by atoms with van der Waals surface area (Å²) in [5, 5.41) is 0. The Morgan fingerprint density at radius 3 is 2.53 bits per heavy atom. The molecule has 2 N–H and O–H groups in total. The maximum atomic E-state index is 6.22. The summed E-state index contributed by atoms with van der Waals surface area (Å²) in [4.78, 5) is 0. The first-order valence-electron chi connectivity index (χ1n) is 7.88. The third kappa shape index (κ3) is 3.11. The Morgan fingerprint density at radius 1 is 0.947 bits per heavy atom. The Balaban J connectivity index is 1.72. The van der Waals surface area contributed by atoms with Crippen molar-refractivity contribution in [2.75, 3.05) is 0 Å². The largest absolute Gasteiger partial charge is 0.490 e. The molecule has 0 heterocycles. The van der Waals surface area contributed by atoms with Crippen LogP contribution in [0.1, 0.15) is 68.5 Å². The van der Waals surface area contributed by atoms with Crippen LogP contribution in [-0.4, -0.2) is 6.10 Å². The monoisotopic (exact) mass is 259 g/mol. The highest BCUT2D eigenvalue weighted by atomic mass is 16.5. The molecule has 104 valence electrons. The van der Waals surface area contributed by atoms with E-state index in [0.29, 0.717) is 6.10 Å². The van der Waals surface area contributed by atoms with Gasteiger partial charge in [0.05, 0.1) is 6.10 Å². The lowest BCUT2D eigenvalue weighted by Gasteiger charge is -2.24. The van der Waals surface area contributed by atoms with Crippen molar-refractivity contribution in [3.05, 3.63) is 29.3 Å². The summed E-state index contributed by atoms with van der Waals surface area (Å²) in [5.41, 5.74) is 8.96. The Hall–Kier alpha value is -1.02. The molecule has 2 heteroatoms. The molecule has 2 nitrogen and oxygen atoms in total. The van der Waals surface area contributed by atoms with Crippen LogP contribution in [-0.2, 0) is 6.42 Å². The SMILES string of the molecule is NC1CCCc2ccc(OC3CCCCCC3)cc21. The third-order valence-corrected chi connectivity index (χ3v) is 4.58. The van der Waals surface area contributed by atoms with Crippen LogP contribution >= 0.6 is 0 Å². The number of ether oxygens (including phenoxy) is 1. The summed E-state index contributed by atoms with van der Waals surface area (Å²) in [5.74, 6) is 1.03. The Kier molecular flexibility index (Phi) is 4.07. The van der Waals surface area contributed by atoms with E-state index in [1.807, 2.05) is 0 Å². The van der Waals surface area contributed by atoms with Gasteiger partial charge in [0.15, 0.2) is 0 Å². The molecule has 0 amide bonds. The molecule has 0 saturated heterocycles. The van der Waals surface area contributed by atoms with E-state index in [0.717, 1.165) is 12.2 Å². The fraction of sp³-hybridized carbons (Fsp3) is 0.647. The smallest absolute Gasteiger partial charge is 0.120 e. The maximum Gasteiger partial charge on any atom is 0.120 e. The lowest BCUT2D eigenvalue weighted by Crippen LogP contribution is -2.19. The first-order chi connectivity index (χ1) is 9.33. The molecule has 0 spiro atoms. The quantitative estimate of drug-likeness (QED) is 0.811. The van der Waals surface area contributed by atoms with Gasteiger partial charge in [0.25, 0.3) is 0 Å². The molecule has 1 fully saturated rings. The van der Waals surface area contributed by atoms with E-state index in [1.54, 1.807) is 0 Å². The van der Waals surface area contributed by atoms with Crippen LogP contribution in [0.15, 0.2) is 18.2 Å². The van der Waals surface area contributed by atoms with Crippen LogP contribution in [0.3, 0.4) is 0 Å². The summed E-state index contributed by atoms with van der Waals surface area (Å²) in [7, 11) is 0. The number of nitrogens with two attached hydrogens (primary N) is 1. The Labute approximate surface area is 116 Å². The topological polar surface area (TPSA) is 35.2 Å². The van der Waals surface area contributed by atoms with Gasteiger partial charge >= 0.3 is 0 Å². The molecule has 2 aliphatic carbocycles. The van der Waals surface area contributed by atoms with Crippen molar-refractivity contribution in [1.29, 1.82) is 0 Å². The molecule has 0 aliphatic heterocycles. The van der Waals surface area contributed by atoms with Gasteiger partial charge in [-0.2, -0.15) is 0 Å². The molecule has 1 saturated carbocycles. The fourth-order valence-electron chi connectivity index (χ4n) is 3.44. The van der Waals surface area contributed by atoms with Crippen molar-refractivity contribution in [3.63, 3.8) is 0 Å². The van der Waals surface area contributed by atoms with Crippen LogP contribution in [0.2, 0.25) is 0 Å². The van der Waals surface area contributed by atoms with Crippen LogP contribution < -0.4 is 10.5 Å². The summed E-state index contributed by atoms with van der Waals surface area (Å²) in [6, 6.07) is 6.77. The van der Waals surface area contributed by atoms with Crippen molar-refractivity contribution in [3.8, 4) is 5.75 Å². The predicted octanol–water partition coefficient (Wildman–Crippen LogP) is 4.12.